The average Bonchev–Trinajstić information content (AvgIpc) is 3.02. The standard InChI is InChI=1S/C18H22N2O2S/c1-12-19-17(11-23-12)13-6-4-7-14(9-13)18(22)20-16-8-3-2-5-15(16)10-21/h4,6-7,9,11,15-16,21H,2-3,5,8,10H2,1H3,(H,20,22). The van der Waals surface area contributed by atoms with Crippen molar-refractivity contribution in [1.82, 2.24) is 10.3 Å². The number of rotatable bonds is 4. The van der Waals surface area contributed by atoms with Crippen molar-refractivity contribution in [3.63, 3.8) is 0 Å². The van der Waals surface area contributed by atoms with Crippen molar-refractivity contribution in [2.75, 3.05) is 6.61 Å². The van der Waals surface area contributed by atoms with E-state index in [1.54, 1.807) is 11.3 Å². The summed E-state index contributed by atoms with van der Waals surface area (Å²) in [5.74, 6) is 0.112. The summed E-state index contributed by atoms with van der Waals surface area (Å²) in [5, 5.41) is 15.6. The van der Waals surface area contributed by atoms with Gasteiger partial charge in [-0.25, -0.2) is 4.98 Å². The smallest absolute Gasteiger partial charge is 0.251 e. The monoisotopic (exact) mass is 330 g/mol. The lowest BCUT2D eigenvalue weighted by Crippen LogP contribution is -2.43. The van der Waals surface area contributed by atoms with Crippen LogP contribution in [0.1, 0.15) is 41.0 Å². The second kappa shape index (κ2) is 7.23. The first kappa shape index (κ1) is 16.1. The number of nitrogens with zero attached hydrogens (tertiary/aromatic N) is 1. The van der Waals surface area contributed by atoms with E-state index in [1.165, 1.54) is 0 Å². The lowest BCUT2D eigenvalue weighted by molar-refractivity contribution is 0.0872. The molecule has 2 N–H and O–H groups in total. The molecule has 4 nitrogen and oxygen atoms in total. The van der Waals surface area contributed by atoms with Gasteiger partial charge in [-0.1, -0.05) is 25.0 Å². The Labute approximate surface area is 140 Å². The first-order chi connectivity index (χ1) is 11.2. The summed E-state index contributed by atoms with van der Waals surface area (Å²) in [6, 6.07) is 7.66. The summed E-state index contributed by atoms with van der Waals surface area (Å²) in [5.41, 5.74) is 2.52. The second-order valence-corrected chi connectivity index (χ2v) is 7.20. The Hall–Kier alpha value is -1.72. The Balaban J connectivity index is 1.74. The Bertz CT molecular complexity index is 683. The minimum atomic E-state index is -0.0656. The van der Waals surface area contributed by atoms with E-state index in [1.807, 2.05) is 36.6 Å². The second-order valence-electron chi connectivity index (χ2n) is 6.14. The molecule has 122 valence electrons. The molecule has 1 saturated carbocycles. The summed E-state index contributed by atoms with van der Waals surface area (Å²) in [7, 11) is 0. The third kappa shape index (κ3) is 3.79. The van der Waals surface area contributed by atoms with Gasteiger partial charge in [0.1, 0.15) is 0 Å². The van der Waals surface area contributed by atoms with E-state index >= 15 is 0 Å². The molecular formula is C18H22N2O2S. The number of carbonyl (C=O) groups excluding carboxylic acids is 1. The molecule has 1 fully saturated rings. The molecule has 1 amide bonds. The highest BCUT2D eigenvalue weighted by Gasteiger charge is 2.26. The highest BCUT2D eigenvalue weighted by atomic mass is 32.1. The van der Waals surface area contributed by atoms with E-state index in [-0.39, 0.29) is 24.5 Å². The number of benzene rings is 1. The average molecular weight is 330 g/mol. The van der Waals surface area contributed by atoms with Crippen LogP contribution in [0.25, 0.3) is 11.3 Å². The van der Waals surface area contributed by atoms with Crippen molar-refractivity contribution in [1.29, 1.82) is 0 Å². The predicted octanol–water partition coefficient (Wildman–Crippen LogP) is 3.40. The Morgan fingerprint density at radius 1 is 1.39 bits per heavy atom. The summed E-state index contributed by atoms with van der Waals surface area (Å²) in [4.78, 5) is 17.0. The lowest BCUT2D eigenvalue weighted by atomic mass is 9.85. The van der Waals surface area contributed by atoms with Crippen LogP contribution in [0.3, 0.4) is 0 Å². The van der Waals surface area contributed by atoms with Gasteiger partial charge in [0.05, 0.1) is 10.7 Å². The Kier molecular flexibility index (Phi) is 5.08. The SMILES string of the molecule is Cc1nc(-c2cccc(C(=O)NC3CCCCC3CO)c2)cs1. The maximum atomic E-state index is 12.6. The molecule has 0 bridgehead atoms. The molecule has 23 heavy (non-hydrogen) atoms. The number of aliphatic hydroxyl groups excluding tert-OH is 1. The summed E-state index contributed by atoms with van der Waals surface area (Å²) in [6.07, 6.45) is 4.18. The molecular weight excluding hydrogens is 308 g/mol. The van der Waals surface area contributed by atoms with Crippen molar-refractivity contribution in [3.8, 4) is 11.3 Å². The number of hydrogen-bond acceptors (Lipinski definition) is 4. The topological polar surface area (TPSA) is 62.2 Å². The van der Waals surface area contributed by atoms with Crippen LogP contribution in [0.2, 0.25) is 0 Å². The van der Waals surface area contributed by atoms with Gasteiger partial charge in [-0.2, -0.15) is 0 Å². The fraction of sp³-hybridized carbons (Fsp3) is 0.444. The molecule has 5 heteroatoms. The zero-order chi connectivity index (χ0) is 16.2. The predicted molar refractivity (Wildman–Crippen MR) is 92.6 cm³/mol. The number of aromatic nitrogens is 1. The van der Waals surface area contributed by atoms with E-state index in [9.17, 15) is 9.90 Å². The number of aryl methyl sites for hydroxylation is 1. The van der Waals surface area contributed by atoms with Crippen LogP contribution in [0.5, 0.6) is 0 Å². The quantitative estimate of drug-likeness (QED) is 0.903. The molecule has 0 spiro atoms. The molecule has 1 aliphatic carbocycles. The summed E-state index contributed by atoms with van der Waals surface area (Å²) in [6.45, 7) is 2.12. The fourth-order valence-corrected chi connectivity index (χ4v) is 3.81. The fourth-order valence-electron chi connectivity index (χ4n) is 3.18. The first-order valence-corrected chi connectivity index (χ1v) is 8.99. The maximum absolute atomic E-state index is 12.6. The number of thiazole rings is 1. The molecule has 1 heterocycles. The summed E-state index contributed by atoms with van der Waals surface area (Å²) >= 11 is 1.61. The van der Waals surface area contributed by atoms with Gasteiger partial charge < -0.3 is 10.4 Å². The Morgan fingerprint density at radius 3 is 2.96 bits per heavy atom. The van der Waals surface area contributed by atoms with Crippen molar-refractivity contribution in [2.24, 2.45) is 5.92 Å². The molecule has 2 atom stereocenters. The van der Waals surface area contributed by atoms with Gasteiger partial charge in [0, 0.05) is 35.1 Å². The van der Waals surface area contributed by atoms with Crippen molar-refractivity contribution < 1.29 is 9.90 Å². The molecule has 2 aromatic rings. The van der Waals surface area contributed by atoms with E-state index in [2.05, 4.69) is 10.3 Å². The number of amides is 1. The van der Waals surface area contributed by atoms with Crippen LogP contribution in [0, 0.1) is 12.8 Å². The third-order valence-electron chi connectivity index (χ3n) is 4.50. The summed E-state index contributed by atoms with van der Waals surface area (Å²) < 4.78 is 0. The van der Waals surface area contributed by atoms with E-state index in [0.29, 0.717) is 5.56 Å². The van der Waals surface area contributed by atoms with Gasteiger partial charge in [-0.15, -0.1) is 11.3 Å². The van der Waals surface area contributed by atoms with Crippen molar-refractivity contribution >= 4 is 17.2 Å². The molecule has 1 aromatic heterocycles. The number of aliphatic hydroxyl groups is 1. The van der Waals surface area contributed by atoms with E-state index < -0.39 is 0 Å². The largest absolute Gasteiger partial charge is 0.396 e. The highest BCUT2D eigenvalue weighted by molar-refractivity contribution is 7.09. The normalized spacial score (nSPS) is 21.1. The first-order valence-electron chi connectivity index (χ1n) is 8.11. The van der Waals surface area contributed by atoms with Crippen molar-refractivity contribution in [3.05, 3.63) is 40.2 Å². The van der Waals surface area contributed by atoms with Gasteiger partial charge in [0.15, 0.2) is 0 Å². The molecule has 0 radical (unpaired) electrons. The van der Waals surface area contributed by atoms with Gasteiger partial charge in [0.25, 0.3) is 5.91 Å². The highest BCUT2D eigenvalue weighted by Crippen LogP contribution is 2.25. The van der Waals surface area contributed by atoms with Crippen molar-refractivity contribution in [2.45, 2.75) is 38.6 Å². The van der Waals surface area contributed by atoms with Crippen LogP contribution >= 0.6 is 11.3 Å². The Morgan fingerprint density at radius 2 is 2.22 bits per heavy atom. The van der Waals surface area contributed by atoms with Gasteiger partial charge in [0.2, 0.25) is 0 Å². The van der Waals surface area contributed by atoms with E-state index in [0.717, 1.165) is 41.9 Å². The molecule has 3 rings (SSSR count). The van der Waals surface area contributed by atoms with Crippen LogP contribution in [-0.2, 0) is 0 Å². The zero-order valence-electron chi connectivity index (χ0n) is 13.3. The number of hydrogen-bond donors (Lipinski definition) is 2. The van der Waals surface area contributed by atoms with Crippen LogP contribution < -0.4 is 5.32 Å². The molecule has 0 aliphatic heterocycles. The number of carbonyl (C=O) groups is 1. The van der Waals surface area contributed by atoms with Crippen LogP contribution in [0.4, 0.5) is 0 Å². The number of nitrogens with one attached hydrogen (secondary N) is 1. The minimum Gasteiger partial charge on any atom is -0.396 e. The van der Waals surface area contributed by atoms with Gasteiger partial charge >= 0.3 is 0 Å². The zero-order valence-corrected chi connectivity index (χ0v) is 14.1. The molecule has 0 saturated heterocycles. The lowest BCUT2D eigenvalue weighted by Gasteiger charge is -2.30. The minimum absolute atomic E-state index is 0.0656. The molecule has 1 aromatic carbocycles. The van der Waals surface area contributed by atoms with Crippen LogP contribution in [0.15, 0.2) is 29.6 Å². The van der Waals surface area contributed by atoms with Gasteiger partial charge in [-0.3, -0.25) is 4.79 Å². The van der Waals surface area contributed by atoms with E-state index in [4.69, 9.17) is 0 Å². The molecule has 1 aliphatic rings. The van der Waals surface area contributed by atoms with Crippen LogP contribution in [-0.4, -0.2) is 28.6 Å². The molecule has 2 unspecified atom stereocenters. The third-order valence-corrected chi connectivity index (χ3v) is 5.27. The van der Waals surface area contributed by atoms with Gasteiger partial charge in [-0.05, 0) is 31.9 Å². The maximum Gasteiger partial charge on any atom is 0.251 e.